The minimum Gasteiger partial charge on any atom is -0.385 e. The first kappa shape index (κ1) is 13.4. The SMILES string of the molecule is COCCCNc1nccn1C1CCCCCC1. The molecule has 4 heteroatoms. The fourth-order valence-electron chi connectivity index (χ4n) is 2.70. The van der Waals surface area contributed by atoms with Crippen LogP contribution in [0.15, 0.2) is 12.4 Å². The van der Waals surface area contributed by atoms with Crippen molar-refractivity contribution in [2.45, 2.75) is 51.0 Å². The van der Waals surface area contributed by atoms with Crippen molar-refractivity contribution in [2.75, 3.05) is 25.6 Å². The van der Waals surface area contributed by atoms with Gasteiger partial charge in [-0.3, -0.25) is 0 Å². The summed E-state index contributed by atoms with van der Waals surface area (Å²) in [5, 5.41) is 3.42. The van der Waals surface area contributed by atoms with Crippen molar-refractivity contribution < 1.29 is 4.74 Å². The highest BCUT2D eigenvalue weighted by molar-refractivity contribution is 5.26. The standard InChI is InChI=1S/C14H25N3O/c1-18-12-6-9-15-14-16-10-11-17(14)13-7-4-2-3-5-8-13/h10-11,13H,2-9,12H2,1H3,(H,15,16). The van der Waals surface area contributed by atoms with Gasteiger partial charge in [-0.1, -0.05) is 25.7 Å². The first-order valence-corrected chi connectivity index (χ1v) is 7.17. The molecule has 1 N–H and O–H groups in total. The maximum Gasteiger partial charge on any atom is 0.203 e. The van der Waals surface area contributed by atoms with Crippen LogP contribution < -0.4 is 5.32 Å². The smallest absolute Gasteiger partial charge is 0.203 e. The van der Waals surface area contributed by atoms with Gasteiger partial charge >= 0.3 is 0 Å². The van der Waals surface area contributed by atoms with Gasteiger partial charge in [-0.15, -0.1) is 0 Å². The molecule has 1 aliphatic rings. The molecule has 1 aliphatic carbocycles. The van der Waals surface area contributed by atoms with Gasteiger partial charge in [0.2, 0.25) is 5.95 Å². The monoisotopic (exact) mass is 251 g/mol. The molecule has 0 saturated heterocycles. The minimum atomic E-state index is 0.639. The van der Waals surface area contributed by atoms with Crippen LogP contribution in [-0.2, 0) is 4.74 Å². The zero-order valence-electron chi connectivity index (χ0n) is 11.4. The molecule has 0 aliphatic heterocycles. The molecule has 0 radical (unpaired) electrons. The van der Waals surface area contributed by atoms with Crippen molar-refractivity contribution in [2.24, 2.45) is 0 Å². The van der Waals surface area contributed by atoms with Crippen LogP contribution in [0.5, 0.6) is 0 Å². The Morgan fingerprint density at radius 3 is 2.83 bits per heavy atom. The molecule has 0 amide bonds. The number of hydrogen-bond donors (Lipinski definition) is 1. The second kappa shape index (κ2) is 7.41. The van der Waals surface area contributed by atoms with Crippen molar-refractivity contribution in [3.05, 3.63) is 12.4 Å². The third-order valence-corrected chi connectivity index (χ3v) is 3.70. The summed E-state index contributed by atoms with van der Waals surface area (Å²) in [5.41, 5.74) is 0. The van der Waals surface area contributed by atoms with Gasteiger partial charge in [-0.2, -0.15) is 0 Å². The zero-order valence-corrected chi connectivity index (χ0v) is 11.4. The summed E-state index contributed by atoms with van der Waals surface area (Å²) in [5.74, 6) is 1.03. The summed E-state index contributed by atoms with van der Waals surface area (Å²) in [6, 6.07) is 0.639. The van der Waals surface area contributed by atoms with E-state index < -0.39 is 0 Å². The molecule has 1 saturated carbocycles. The fraction of sp³-hybridized carbons (Fsp3) is 0.786. The first-order chi connectivity index (χ1) is 8.92. The number of anilines is 1. The molecule has 1 heterocycles. The maximum atomic E-state index is 5.06. The van der Waals surface area contributed by atoms with Crippen LogP contribution in [-0.4, -0.2) is 29.8 Å². The third kappa shape index (κ3) is 3.73. The van der Waals surface area contributed by atoms with Gasteiger partial charge < -0.3 is 14.6 Å². The van der Waals surface area contributed by atoms with Gasteiger partial charge in [0.1, 0.15) is 0 Å². The van der Waals surface area contributed by atoms with Gasteiger partial charge in [0.05, 0.1) is 0 Å². The van der Waals surface area contributed by atoms with Crippen molar-refractivity contribution in [1.82, 2.24) is 9.55 Å². The fourth-order valence-corrected chi connectivity index (χ4v) is 2.70. The lowest BCUT2D eigenvalue weighted by Crippen LogP contribution is -2.14. The van der Waals surface area contributed by atoms with E-state index in [1.807, 2.05) is 6.20 Å². The van der Waals surface area contributed by atoms with E-state index in [0.717, 1.165) is 25.5 Å². The summed E-state index contributed by atoms with van der Waals surface area (Å²) >= 11 is 0. The highest BCUT2D eigenvalue weighted by atomic mass is 16.5. The van der Waals surface area contributed by atoms with E-state index in [1.54, 1.807) is 7.11 Å². The van der Waals surface area contributed by atoms with Gasteiger partial charge in [-0.05, 0) is 19.3 Å². The quantitative estimate of drug-likeness (QED) is 0.623. The number of ether oxygens (including phenoxy) is 1. The average Bonchev–Trinajstić information content (AvgIpc) is 2.68. The molecule has 2 rings (SSSR count). The number of hydrogen-bond acceptors (Lipinski definition) is 3. The van der Waals surface area contributed by atoms with Crippen molar-refractivity contribution >= 4 is 5.95 Å². The predicted molar refractivity (Wildman–Crippen MR) is 73.9 cm³/mol. The molecule has 0 aromatic carbocycles. The minimum absolute atomic E-state index is 0.639. The van der Waals surface area contributed by atoms with E-state index in [-0.39, 0.29) is 0 Å². The largest absolute Gasteiger partial charge is 0.385 e. The maximum absolute atomic E-state index is 5.06. The summed E-state index contributed by atoms with van der Waals surface area (Å²) in [7, 11) is 1.74. The van der Waals surface area contributed by atoms with E-state index in [9.17, 15) is 0 Å². The normalized spacial score (nSPS) is 17.6. The molecule has 0 atom stereocenters. The molecular formula is C14H25N3O. The molecule has 1 aromatic heterocycles. The molecule has 0 unspecified atom stereocenters. The van der Waals surface area contributed by atoms with Gasteiger partial charge in [-0.25, -0.2) is 4.98 Å². The van der Waals surface area contributed by atoms with Crippen LogP contribution >= 0.6 is 0 Å². The highest BCUT2D eigenvalue weighted by Gasteiger charge is 2.16. The summed E-state index contributed by atoms with van der Waals surface area (Å²) in [6.07, 6.45) is 13.1. The summed E-state index contributed by atoms with van der Waals surface area (Å²) in [6.45, 7) is 1.73. The lowest BCUT2D eigenvalue weighted by molar-refractivity contribution is 0.197. The van der Waals surface area contributed by atoms with Gasteiger partial charge in [0, 0.05) is 38.7 Å². The lowest BCUT2D eigenvalue weighted by atomic mass is 10.1. The number of methoxy groups -OCH3 is 1. The molecular weight excluding hydrogens is 226 g/mol. The van der Waals surface area contributed by atoms with Crippen LogP contribution in [0.25, 0.3) is 0 Å². The molecule has 1 fully saturated rings. The van der Waals surface area contributed by atoms with Crippen LogP contribution in [0.3, 0.4) is 0 Å². The molecule has 18 heavy (non-hydrogen) atoms. The van der Waals surface area contributed by atoms with Crippen LogP contribution in [0.2, 0.25) is 0 Å². The van der Waals surface area contributed by atoms with E-state index in [4.69, 9.17) is 4.74 Å². The van der Waals surface area contributed by atoms with E-state index in [0.29, 0.717) is 6.04 Å². The van der Waals surface area contributed by atoms with Crippen molar-refractivity contribution in [3.8, 4) is 0 Å². The molecule has 0 bridgehead atoms. The number of imidazole rings is 1. The second-order valence-electron chi connectivity index (χ2n) is 5.08. The highest BCUT2D eigenvalue weighted by Crippen LogP contribution is 2.29. The van der Waals surface area contributed by atoms with Crippen LogP contribution in [0.1, 0.15) is 51.0 Å². The lowest BCUT2D eigenvalue weighted by Gasteiger charge is -2.19. The molecule has 4 nitrogen and oxygen atoms in total. The summed E-state index contributed by atoms with van der Waals surface area (Å²) < 4.78 is 7.39. The number of aromatic nitrogens is 2. The topological polar surface area (TPSA) is 39.1 Å². The Labute approximate surface area is 110 Å². The molecule has 102 valence electrons. The average molecular weight is 251 g/mol. The molecule has 0 spiro atoms. The van der Waals surface area contributed by atoms with Gasteiger partial charge in [0.25, 0.3) is 0 Å². The first-order valence-electron chi connectivity index (χ1n) is 7.17. The summed E-state index contributed by atoms with van der Waals surface area (Å²) in [4.78, 5) is 4.43. The molecule has 1 aromatic rings. The predicted octanol–water partition coefficient (Wildman–Crippen LogP) is 3.23. The van der Waals surface area contributed by atoms with E-state index >= 15 is 0 Å². The third-order valence-electron chi connectivity index (χ3n) is 3.70. The Morgan fingerprint density at radius 1 is 1.33 bits per heavy atom. The Hall–Kier alpha value is -1.03. The van der Waals surface area contributed by atoms with Crippen LogP contribution in [0, 0.1) is 0 Å². The van der Waals surface area contributed by atoms with Crippen LogP contribution in [0.4, 0.5) is 5.95 Å². The van der Waals surface area contributed by atoms with E-state index in [1.165, 1.54) is 38.5 Å². The van der Waals surface area contributed by atoms with Crippen molar-refractivity contribution in [1.29, 1.82) is 0 Å². The van der Waals surface area contributed by atoms with E-state index in [2.05, 4.69) is 21.1 Å². The Bertz CT molecular complexity index is 330. The Balaban J connectivity index is 1.89. The van der Waals surface area contributed by atoms with Crippen molar-refractivity contribution in [3.63, 3.8) is 0 Å². The number of nitrogens with zero attached hydrogens (tertiary/aromatic N) is 2. The Kier molecular flexibility index (Phi) is 5.52. The Morgan fingerprint density at radius 2 is 2.11 bits per heavy atom. The number of nitrogens with one attached hydrogen (secondary N) is 1. The van der Waals surface area contributed by atoms with Gasteiger partial charge in [0.15, 0.2) is 0 Å². The number of rotatable bonds is 6. The second-order valence-corrected chi connectivity index (χ2v) is 5.08. The zero-order chi connectivity index (χ0) is 12.6.